The van der Waals surface area contributed by atoms with E-state index in [1.54, 1.807) is 0 Å². The summed E-state index contributed by atoms with van der Waals surface area (Å²) in [6.45, 7) is 0.206. The number of alkyl halides is 1. The summed E-state index contributed by atoms with van der Waals surface area (Å²) in [5, 5.41) is 1.17. The van der Waals surface area contributed by atoms with Crippen molar-refractivity contribution >= 4 is 44.8 Å². The van der Waals surface area contributed by atoms with Crippen LogP contribution in [0.1, 0.15) is 70.6 Å². The lowest BCUT2D eigenvalue weighted by atomic mass is 10.1. The SMILES string of the molecule is C[Si](Cl)(Cl)CCCCCCCCCCCCCBr. The molecule has 110 valence electrons. The fourth-order valence-corrected chi connectivity index (χ4v) is 4.19. The second-order valence-corrected chi connectivity index (χ2v) is 14.4. The first-order chi connectivity index (χ1) is 8.56. The molecule has 0 spiro atoms. The molecule has 0 saturated heterocycles. The van der Waals surface area contributed by atoms with E-state index in [9.17, 15) is 0 Å². The van der Waals surface area contributed by atoms with Crippen LogP contribution in [0.3, 0.4) is 0 Å². The highest BCUT2D eigenvalue weighted by Gasteiger charge is 2.19. The van der Waals surface area contributed by atoms with Crippen molar-refractivity contribution in [2.75, 3.05) is 5.33 Å². The first-order valence-electron chi connectivity index (χ1n) is 7.50. The van der Waals surface area contributed by atoms with Crippen LogP contribution in [0.15, 0.2) is 0 Å². The van der Waals surface area contributed by atoms with Crippen molar-refractivity contribution in [3.8, 4) is 0 Å². The first kappa shape index (κ1) is 19.3. The Bertz CT molecular complexity index is 172. The zero-order valence-electron chi connectivity index (χ0n) is 11.8. The molecule has 18 heavy (non-hydrogen) atoms. The van der Waals surface area contributed by atoms with Crippen LogP contribution in [-0.2, 0) is 0 Å². The van der Waals surface area contributed by atoms with E-state index in [-0.39, 0.29) is 0 Å². The van der Waals surface area contributed by atoms with Gasteiger partial charge < -0.3 is 0 Å². The van der Waals surface area contributed by atoms with Crippen LogP contribution >= 0.6 is 38.1 Å². The van der Waals surface area contributed by atoms with Crippen molar-refractivity contribution in [1.82, 2.24) is 0 Å². The molecular weight excluding hydrogens is 347 g/mol. The van der Waals surface area contributed by atoms with Gasteiger partial charge in [-0.2, -0.15) is 0 Å². The van der Waals surface area contributed by atoms with Crippen molar-refractivity contribution < 1.29 is 0 Å². The molecule has 0 atom stereocenters. The van der Waals surface area contributed by atoms with E-state index < -0.39 is 6.69 Å². The molecule has 0 radical (unpaired) electrons. The Hall–Kier alpha value is 1.28. The van der Waals surface area contributed by atoms with E-state index in [1.807, 2.05) is 6.55 Å². The van der Waals surface area contributed by atoms with Gasteiger partial charge in [0.1, 0.15) is 0 Å². The van der Waals surface area contributed by atoms with E-state index in [1.165, 1.54) is 76.0 Å². The van der Waals surface area contributed by atoms with Crippen LogP contribution in [0.5, 0.6) is 0 Å². The smallest absolute Gasteiger partial charge is 0.146 e. The Labute approximate surface area is 133 Å². The van der Waals surface area contributed by atoms with Gasteiger partial charge in [-0.1, -0.05) is 80.1 Å². The predicted molar refractivity (Wildman–Crippen MR) is 92.7 cm³/mol. The number of rotatable bonds is 13. The second-order valence-electron chi connectivity index (χ2n) is 5.40. The fourth-order valence-electron chi connectivity index (χ4n) is 2.12. The number of hydrogen-bond donors (Lipinski definition) is 0. The van der Waals surface area contributed by atoms with Crippen molar-refractivity contribution in [3.05, 3.63) is 0 Å². The molecule has 0 aliphatic heterocycles. The predicted octanol–water partition coefficient (Wildman–Crippen LogP) is 7.22. The molecule has 0 aromatic heterocycles. The van der Waals surface area contributed by atoms with Gasteiger partial charge in [0, 0.05) is 5.33 Å². The Morgan fingerprint density at radius 1 is 0.667 bits per heavy atom. The molecule has 0 aromatic carbocycles. The Balaban J connectivity index is 2.99. The largest absolute Gasteiger partial charge is 0.248 e. The molecule has 0 nitrogen and oxygen atoms in total. The van der Waals surface area contributed by atoms with E-state index in [0.29, 0.717) is 0 Å². The fraction of sp³-hybridized carbons (Fsp3) is 1.00. The van der Waals surface area contributed by atoms with Gasteiger partial charge in [-0.15, -0.1) is 22.2 Å². The highest BCUT2D eigenvalue weighted by Crippen LogP contribution is 2.23. The zero-order valence-corrected chi connectivity index (χ0v) is 15.9. The van der Waals surface area contributed by atoms with E-state index in [2.05, 4.69) is 15.9 Å². The lowest BCUT2D eigenvalue weighted by Crippen LogP contribution is -2.11. The molecule has 0 bridgehead atoms. The van der Waals surface area contributed by atoms with Gasteiger partial charge in [0.05, 0.1) is 0 Å². The van der Waals surface area contributed by atoms with Gasteiger partial charge in [0.15, 0.2) is 0 Å². The molecule has 4 heteroatoms. The van der Waals surface area contributed by atoms with E-state index in [0.717, 1.165) is 6.04 Å². The van der Waals surface area contributed by atoms with Crippen molar-refractivity contribution in [1.29, 1.82) is 0 Å². The summed E-state index contributed by atoms with van der Waals surface area (Å²) in [4.78, 5) is 0. The van der Waals surface area contributed by atoms with Gasteiger partial charge in [0.25, 0.3) is 0 Å². The maximum absolute atomic E-state index is 6.07. The summed E-state index contributed by atoms with van der Waals surface area (Å²) in [5.41, 5.74) is 0. The average molecular weight is 376 g/mol. The molecule has 0 saturated carbocycles. The number of halogens is 3. The third-order valence-corrected chi connectivity index (χ3v) is 6.18. The molecule has 0 unspecified atom stereocenters. The normalized spacial score (nSPS) is 12.0. The number of unbranched alkanes of at least 4 members (excludes halogenated alkanes) is 10. The molecule has 0 aliphatic rings. The Morgan fingerprint density at radius 2 is 1.00 bits per heavy atom. The monoisotopic (exact) mass is 374 g/mol. The summed E-state index contributed by atoms with van der Waals surface area (Å²) in [6, 6.07) is 1.06. The van der Waals surface area contributed by atoms with Gasteiger partial charge in [0.2, 0.25) is 6.69 Å². The highest BCUT2D eigenvalue weighted by atomic mass is 79.9. The summed E-state index contributed by atoms with van der Waals surface area (Å²) in [5.74, 6) is 0. The summed E-state index contributed by atoms with van der Waals surface area (Å²) in [7, 11) is 0. The van der Waals surface area contributed by atoms with E-state index in [4.69, 9.17) is 22.2 Å². The summed E-state index contributed by atoms with van der Waals surface area (Å²) < 4.78 is 0. The Morgan fingerprint density at radius 3 is 1.33 bits per heavy atom. The third kappa shape index (κ3) is 17.3. The van der Waals surface area contributed by atoms with Crippen LogP contribution in [0.25, 0.3) is 0 Å². The Kier molecular flexibility index (Phi) is 14.2. The molecule has 0 N–H and O–H groups in total. The molecule has 0 fully saturated rings. The molecule has 0 aromatic rings. The first-order valence-corrected chi connectivity index (χ1v) is 13.4. The molecule has 0 amide bonds. The van der Waals surface area contributed by atoms with Crippen LogP contribution in [0.2, 0.25) is 12.6 Å². The van der Waals surface area contributed by atoms with Crippen molar-refractivity contribution in [2.24, 2.45) is 0 Å². The third-order valence-electron chi connectivity index (χ3n) is 3.25. The summed E-state index contributed by atoms with van der Waals surface area (Å²) >= 11 is 15.6. The maximum Gasteiger partial charge on any atom is 0.248 e. The quantitative estimate of drug-likeness (QED) is 0.138. The van der Waals surface area contributed by atoms with E-state index >= 15 is 0 Å². The number of hydrogen-bond acceptors (Lipinski definition) is 0. The highest BCUT2D eigenvalue weighted by molar-refractivity contribution is 9.09. The minimum atomic E-state index is -1.81. The van der Waals surface area contributed by atoms with Crippen molar-refractivity contribution in [2.45, 2.75) is 83.2 Å². The molecule has 0 aliphatic carbocycles. The van der Waals surface area contributed by atoms with Gasteiger partial charge in [-0.05, 0) is 19.0 Å². The van der Waals surface area contributed by atoms with Gasteiger partial charge >= 0.3 is 0 Å². The van der Waals surface area contributed by atoms with Crippen LogP contribution in [0, 0.1) is 0 Å². The molecular formula is C14H29BrCl2Si. The topological polar surface area (TPSA) is 0 Å². The van der Waals surface area contributed by atoms with Gasteiger partial charge in [-0.25, -0.2) is 0 Å². The zero-order chi connectivity index (χ0) is 13.7. The van der Waals surface area contributed by atoms with Crippen LogP contribution < -0.4 is 0 Å². The minimum absolute atomic E-state index is 1.06. The van der Waals surface area contributed by atoms with Crippen molar-refractivity contribution in [3.63, 3.8) is 0 Å². The minimum Gasteiger partial charge on any atom is -0.146 e. The second kappa shape index (κ2) is 13.3. The lowest BCUT2D eigenvalue weighted by Gasteiger charge is -2.09. The van der Waals surface area contributed by atoms with Crippen LogP contribution in [-0.4, -0.2) is 12.0 Å². The van der Waals surface area contributed by atoms with Crippen LogP contribution in [0.4, 0.5) is 0 Å². The molecule has 0 rings (SSSR count). The standard InChI is InChI=1S/C14H29BrCl2Si/c1-18(16,17)14-12-10-8-6-4-2-3-5-7-9-11-13-15/h2-14H2,1H3. The maximum atomic E-state index is 6.07. The molecule has 0 heterocycles. The lowest BCUT2D eigenvalue weighted by molar-refractivity contribution is 0.555. The van der Waals surface area contributed by atoms with Gasteiger partial charge in [-0.3, -0.25) is 0 Å². The summed E-state index contributed by atoms with van der Waals surface area (Å²) in [6.07, 6.45) is 15.1. The average Bonchev–Trinajstić information content (AvgIpc) is 2.29.